The molecule has 0 aromatic carbocycles. The van der Waals surface area contributed by atoms with E-state index in [0.717, 1.165) is 12.8 Å². The van der Waals surface area contributed by atoms with Crippen molar-refractivity contribution >= 4 is 10.0 Å². The molecule has 0 aliphatic carbocycles. The van der Waals surface area contributed by atoms with E-state index in [1.165, 1.54) is 0 Å². The maximum atomic E-state index is 12.3. The molecule has 0 fully saturated rings. The van der Waals surface area contributed by atoms with Gasteiger partial charge in [0, 0.05) is 17.3 Å². The molecule has 1 atom stereocenters. The smallest absolute Gasteiger partial charge is 0.260 e. The van der Waals surface area contributed by atoms with E-state index >= 15 is 0 Å². The average Bonchev–Trinajstić information content (AvgIpc) is 2.72. The first kappa shape index (κ1) is 16.1. The van der Waals surface area contributed by atoms with Crippen molar-refractivity contribution in [3.05, 3.63) is 11.3 Å². The van der Waals surface area contributed by atoms with Crippen molar-refractivity contribution in [1.29, 1.82) is 0 Å². The van der Waals surface area contributed by atoms with Crippen LogP contribution in [0, 0.1) is 12.8 Å². The number of aromatic nitrogens is 2. The van der Waals surface area contributed by atoms with Crippen molar-refractivity contribution in [1.82, 2.24) is 14.9 Å². The summed E-state index contributed by atoms with van der Waals surface area (Å²) in [5.41, 5.74) is 0.891. The van der Waals surface area contributed by atoms with Gasteiger partial charge < -0.3 is 5.11 Å². The molecule has 0 aliphatic heterocycles. The number of nitrogens with zero attached hydrogens (tertiary/aromatic N) is 1. The first-order chi connectivity index (χ1) is 8.87. The van der Waals surface area contributed by atoms with Crippen LogP contribution < -0.4 is 4.72 Å². The van der Waals surface area contributed by atoms with E-state index in [1.54, 1.807) is 6.92 Å². The minimum absolute atomic E-state index is 0.106. The summed E-state index contributed by atoms with van der Waals surface area (Å²) in [5.74, 6) is 0.285. The lowest BCUT2D eigenvalue weighted by molar-refractivity contribution is 0.277. The fraction of sp³-hybridized carbons (Fsp3) is 0.750. The second-order valence-corrected chi connectivity index (χ2v) is 6.41. The third-order valence-electron chi connectivity index (χ3n) is 3.55. The van der Waals surface area contributed by atoms with Crippen LogP contribution in [0.1, 0.15) is 44.9 Å². The van der Waals surface area contributed by atoms with E-state index in [2.05, 4.69) is 14.9 Å². The standard InChI is InChI=1S/C12H23N3O3S/c1-5-10(6-2)8(3)15-19(17,18)12-11(7-16)9(4)13-14-12/h8,10,15-16H,5-7H2,1-4H3,(H,13,14). The first-order valence-corrected chi connectivity index (χ1v) is 8.02. The van der Waals surface area contributed by atoms with Crippen LogP contribution in [0.3, 0.4) is 0 Å². The number of sulfonamides is 1. The van der Waals surface area contributed by atoms with E-state index in [4.69, 9.17) is 0 Å². The van der Waals surface area contributed by atoms with Crippen LogP contribution in [-0.2, 0) is 16.6 Å². The largest absolute Gasteiger partial charge is 0.392 e. The molecule has 0 aliphatic rings. The maximum Gasteiger partial charge on any atom is 0.260 e. The number of hydrogen-bond donors (Lipinski definition) is 3. The number of aromatic amines is 1. The normalized spacial score (nSPS) is 14.0. The summed E-state index contributed by atoms with van der Waals surface area (Å²) in [5, 5.41) is 15.5. The predicted octanol–water partition coefficient (Wildman–Crippen LogP) is 1.31. The highest BCUT2D eigenvalue weighted by Crippen LogP contribution is 2.19. The minimum Gasteiger partial charge on any atom is -0.392 e. The van der Waals surface area contributed by atoms with Gasteiger partial charge in [0.1, 0.15) is 0 Å². The van der Waals surface area contributed by atoms with E-state index in [-0.39, 0.29) is 23.6 Å². The Hall–Kier alpha value is -0.920. The van der Waals surface area contributed by atoms with Crippen molar-refractivity contribution in [3.8, 4) is 0 Å². The topological polar surface area (TPSA) is 95.1 Å². The van der Waals surface area contributed by atoms with E-state index in [9.17, 15) is 13.5 Å². The molecule has 6 nitrogen and oxygen atoms in total. The van der Waals surface area contributed by atoms with E-state index in [1.807, 2.05) is 20.8 Å². The molecular formula is C12H23N3O3S. The lowest BCUT2D eigenvalue weighted by atomic mass is 9.96. The lowest BCUT2D eigenvalue weighted by Crippen LogP contribution is -2.38. The molecule has 0 amide bonds. The molecule has 1 aromatic rings. The molecule has 0 radical (unpaired) electrons. The Morgan fingerprint density at radius 1 is 1.37 bits per heavy atom. The minimum atomic E-state index is -3.70. The molecule has 1 aromatic heterocycles. The molecular weight excluding hydrogens is 266 g/mol. The van der Waals surface area contributed by atoms with Gasteiger partial charge in [-0.1, -0.05) is 26.7 Å². The Bertz CT molecular complexity index is 506. The molecule has 1 heterocycles. The van der Waals surface area contributed by atoms with Gasteiger partial charge in [0.15, 0.2) is 5.03 Å². The number of hydrogen-bond acceptors (Lipinski definition) is 4. The Balaban J connectivity index is 2.98. The number of nitrogens with one attached hydrogen (secondary N) is 2. The van der Waals surface area contributed by atoms with Gasteiger partial charge in [-0.15, -0.1) is 0 Å². The molecule has 0 bridgehead atoms. The highest BCUT2D eigenvalue weighted by atomic mass is 32.2. The Kier molecular flexibility index (Phi) is 5.51. The van der Waals surface area contributed by atoms with Crippen molar-refractivity contribution in [2.24, 2.45) is 5.92 Å². The van der Waals surface area contributed by atoms with Gasteiger partial charge in [-0.3, -0.25) is 5.10 Å². The fourth-order valence-electron chi connectivity index (χ4n) is 2.23. The summed E-state index contributed by atoms with van der Waals surface area (Å²) in [6.07, 6.45) is 1.82. The molecule has 110 valence electrons. The van der Waals surface area contributed by atoms with Gasteiger partial charge in [-0.25, -0.2) is 13.1 Å². The third kappa shape index (κ3) is 3.55. The van der Waals surface area contributed by atoms with Crippen molar-refractivity contribution < 1.29 is 13.5 Å². The van der Waals surface area contributed by atoms with Gasteiger partial charge in [0.05, 0.1) is 6.61 Å². The van der Waals surface area contributed by atoms with Gasteiger partial charge in [0.25, 0.3) is 10.0 Å². The van der Waals surface area contributed by atoms with Crippen LogP contribution in [0.5, 0.6) is 0 Å². The summed E-state index contributed by atoms with van der Waals surface area (Å²) < 4.78 is 27.2. The van der Waals surface area contributed by atoms with Crippen LogP contribution in [0.25, 0.3) is 0 Å². The predicted molar refractivity (Wildman–Crippen MR) is 73.1 cm³/mol. The zero-order valence-electron chi connectivity index (χ0n) is 11.9. The summed E-state index contributed by atoms with van der Waals surface area (Å²) in [6, 6.07) is -0.163. The number of H-pyrrole nitrogens is 1. The molecule has 1 rings (SSSR count). The summed E-state index contributed by atoms with van der Waals surface area (Å²) in [4.78, 5) is 0. The van der Waals surface area contributed by atoms with Gasteiger partial charge in [0.2, 0.25) is 0 Å². The van der Waals surface area contributed by atoms with Crippen LogP contribution in [0.15, 0.2) is 5.03 Å². The molecule has 3 N–H and O–H groups in total. The Morgan fingerprint density at radius 3 is 2.42 bits per heavy atom. The highest BCUT2D eigenvalue weighted by Gasteiger charge is 2.27. The molecule has 0 spiro atoms. The van der Waals surface area contributed by atoms with Crippen LogP contribution in [-0.4, -0.2) is 29.8 Å². The lowest BCUT2D eigenvalue weighted by Gasteiger charge is -2.21. The SMILES string of the molecule is CCC(CC)C(C)NS(=O)(=O)c1n[nH]c(C)c1CO. The second kappa shape index (κ2) is 6.49. The first-order valence-electron chi connectivity index (χ1n) is 6.54. The second-order valence-electron chi connectivity index (χ2n) is 4.78. The van der Waals surface area contributed by atoms with Gasteiger partial charge in [-0.2, -0.15) is 5.10 Å². The monoisotopic (exact) mass is 289 g/mol. The van der Waals surface area contributed by atoms with E-state index in [0.29, 0.717) is 11.3 Å². The molecule has 0 saturated heterocycles. The summed E-state index contributed by atoms with van der Waals surface area (Å²) in [7, 11) is -3.70. The van der Waals surface area contributed by atoms with Gasteiger partial charge in [-0.05, 0) is 19.8 Å². The molecule has 1 unspecified atom stereocenters. The van der Waals surface area contributed by atoms with E-state index < -0.39 is 10.0 Å². The molecule has 7 heteroatoms. The fourth-order valence-corrected chi connectivity index (χ4v) is 3.73. The third-order valence-corrected chi connectivity index (χ3v) is 5.07. The zero-order valence-corrected chi connectivity index (χ0v) is 12.7. The Labute approximate surface area is 114 Å². The zero-order chi connectivity index (χ0) is 14.6. The quantitative estimate of drug-likeness (QED) is 0.705. The number of aliphatic hydroxyl groups is 1. The highest BCUT2D eigenvalue weighted by molar-refractivity contribution is 7.89. The maximum absolute atomic E-state index is 12.3. The Morgan fingerprint density at radius 2 is 1.95 bits per heavy atom. The molecule has 19 heavy (non-hydrogen) atoms. The van der Waals surface area contributed by atoms with Crippen LogP contribution >= 0.6 is 0 Å². The van der Waals surface area contributed by atoms with Crippen LogP contribution in [0.4, 0.5) is 0 Å². The summed E-state index contributed by atoms with van der Waals surface area (Å²) >= 11 is 0. The van der Waals surface area contributed by atoms with Crippen molar-refractivity contribution in [2.75, 3.05) is 0 Å². The number of aliphatic hydroxyl groups excluding tert-OH is 1. The van der Waals surface area contributed by atoms with Crippen LogP contribution in [0.2, 0.25) is 0 Å². The number of aryl methyl sites for hydroxylation is 1. The van der Waals surface area contributed by atoms with Crippen molar-refractivity contribution in [2.45, 2.75) is 58.2 Å². The van der Waals surface area contributed by atoms with Gasteiger partial charge >= 0.3 is 0 Å². The molecule has 0 saturated carbocycles. The van der Waals surface area contributed by atoms with Crippen molar-refractivity contribution in [3.63, 3.8) is 0 Å². The summed E-state index contributed by atoms with van der Waals surface area (Å²) in [6.45, 7) is 7.26. The number of rotatable bonds is 7. The average molecular weight is 289 g/mol.